The van der Waals surface area contributed by atoms with Gasteiger partial charge in [-0.15, -0.1) is 0 Å². The molecule has 0 spiro atoms. The molecule has 0 aliphatic carbocycles. The lowest BCUT2D eigenvalue weighted by molar-refractivity contribution is -0.139. The molecule has 0 aliphatic heterocycles. The maximum atomic E-state index is 11.6. The topological polar surface area (TPSA) is 80.7 Å². The van der Waals surface area contributed by atoms with Gasteiger partial charge in [-0.25, -0.2) is 8.42 Å². The third kappa shape index (κ3) is 3.79. The molecule has 0 aromatic carbocycles. The maximum absolute atomic E-state index is 11.6. The van der Waals surface area contributed by atoms with Crippen molar-refractivity contribution < 1.29 is 23.1 Å². The summed E-state index contributed by atoms with van der Waals surface area (Å²) in [5.41, 5.74) is 0. The average molecular weight is 238 g/mol. The molecule has 5 nitrogen and oxygen atoms in total. The molecule has 0 atom stereocenters. The Balaban J connectivity index is 4.50. The summed E-state index contributed by atoms with van der Waals surface area (Å²) < 4.78 is 26.6. The van der Waals surface area contributed by atoms with Crippen LogP contribution in [0.15, 0.2) is 0 Å². The highest BCUT2D eigenvalue weighted by molar-refractivity contribution is 7.93. The lowest BCUT2D eigenvalue weighted by atomic mass is 10.2. The predicted molar refractivity (Wildman–Crippen MR) is 56.6 cm³/mol. The Morgan fingerprint density at radius 1 is 1.40 bits per heavy atom. The van der Waals surface area contributed by atoms with Crippen molar-refractivity contribution in [3.8, 4) is 0 Å². The van der Waals surface area contributed by atoms with E-state index in [0.717, 1.165) is 0 Å². The third-order valence-electron chi connectivity index (χ3n) is 2.10. The first-order valence-electron chi connectivity index (χ1n) is 4.68. The van der Waals surface area contributed by atoms with Crippen molar-refractivity contribution >= 4 is 15.8 Å². The lowest BCUT2D eigenvalue weighted by Crippen LogP contribution is -2.42. The highest BCUT2D eigenvalue weighted by atomic mass is 32.2. The molecular weight excluding hydrogens is 220 g/mol. The average Bonchev–Trinajstić information content (AvgIpc) is 2.02. The number of carbonyl (C=O) groups is 1. The Bertz CT molecular complexity index is 315. The van der Waals surface area contributed by atoms with E-state index in [1.165, 1.54) is 13.8 Å². The minimum atomic E-state index is -3.68. The van der Waals surface area contributed by atoms with Crippen LogP contribution in [0.5, 0.6) is 0 Å². The van der Waals surface area contributed by atoms with Crippen LogP contribution in [0.4, 0.5) is 0 Å². The predicted octanol–water partition coefficient (Wildman–Crippen LogP) is 0.689. The van der Waals surface area contributed by atoms with Gasteiger partial charge in [-0.05, 0) is 27.7 Å². The minimum Gasteiger partial charge on any atom is -0.480 e. The largest absolute Gasteiger partial charge is 0.480 e. The summed E-state index contributed by atoms with van der Waals surface area (Å²) >= 11 is 0. The van der Waals surface area contributed by atoms with Crippen LogP contribution in [-0.4, -0.2) is 42.7 Å². The molecule has 0 rings (SSSR count). The number of ether oxygens (including phenoxy) is 1. The fourth-order valence-electron chi connectivity index (χ4n) is 0.782. The van der Waals surface area contributed by atoms with Crippen LogP contribution >= 0.6 is 0 Å². The second kappa shape index (κ2) is 4.94. The number of rotatable bonds is 6. The number of carboxylic acids is 1. The zero-order chi connectivity index (χ0) is 12.3. The summed E-state index contributed by atoms with van der Waals surface area (Å²) in [4.78, 5) is 10.7. The summed E-state index contributed by atoms with van der Waals surface area (Å²) in [7, 11) is -3.68. The van der Waals surface area contributed by atoms with Crippen molar-refractivity contribution in [3.63, 3.8) is 0 Å². The molecule has 0 bridgehead atoms. The molecule has 0 amide bonds. The van der Waals surface area contributed by atoms with E-state index in [4.69, 9.17) is 9.84 Å². The van der Waals surface area contributed by atoms with Crippen LogP contribution in [0.2, 0.25) is 0 Å². The van der Waals surface area contributed by atoms with Crippen molar-refractivity contribution in [2.24, 2.45) is 0 Å². The number of carboxylic acid groups (broad SMARTS) is 1. The molecule has 0 fully saturated rings. The van der Waals surface area contributed by atoms with Gasteiger partial charge in [0.1, 0.15) is 0 Å². The summed E-state index contributed by atoms with van der Waals surface area (Å²) in [6.07, 6.45) is -0.0619. The molecule has 6 heteroatoms. The van der Waals surface area contributed by atoms with Gasteiger partial charge in [-0.2, -0.15) is 0 Å². The van der Waals surface area contributed by atoms with E-state index in [1.54, 1.807) is 13.8 Å². The van der Waals surface area contributed by atoms with Crippen molar-refractivity contribution in [1.29, 1.82) is 0 Å². The number of sulfone groups is 1. The summed E-state index contributed by atoms with van der Waals surface area (Å²) in [6, 6.07) is 0. The van der Waals surface area contributed by atoms with Crippen LogP contribution < -0.4 is 0 Å². The second-order valence-corrected chi connectivity index (χ2v) is 6.71. The van der Waals surface area contributed by atoms with Crippen LogP contribution in [0.1, 0.15) is 27.7 Å². The van der Waals surface area contributed by atoms with E-state index in [-0.39, 0.29) is 18.5 Å². The molecule has 1 N–H and O–H groups in total. The van der Waals surface area contributed by atoms with Crippen LogP contribution in [0.25, 0.3) is 0 Å². The molecule has 0 radical (unpaired) electrons. The highest BCUT2D eigenvalue weighted by Crippen LogP contribution is 2.17. The molecule has 0 unspecified atom stereocenters. The van der Waals surface area contributed by atoms with Crippen molar-refractivity contribution in [1.82, 2.24) is 0 Å². The normalized spacial score (nSPS) is 13.1. The molecule has 0 aromatic heterocycles. The van der Waals surface area contributed by atoms with Crippen molar-refractivity contribution in [2.75, 3.05) is 12.4 Å². The zero-order valence-corrected chi connectivity index (χ0v) is 10.3. The first kappa shape index (κ1) is 14.4. The van der Waals surface area contributed by atoms with Gasteiger partial charge in [-0.3, -0.25) is 4.79 Å². The van der Waals surface area contributed by atoms with Crippen LogP contribution in [-0.2, 0) is 19.4 Å². The molecule has 90 valence electrons. The van der Waals surface area contributed by atoms with Gasteiger partial charge in [-0.1, -0.05) is 0 Å². The van der Waals surface area contributed by atoms with E-state index >= 15 is 0 Å². The van der Waals surface area contributed by atoms with E-state index in [0.29, 0.717) is 0 Å². The number of aliphatic carboxylic acids is 1. The fraction of sp³-hybridized carbons (Fsp3) is 0.889. The van der Waals surface area contributed by atoms with Crippen LogP contribution in [0.3, 0.4) is 0 Å². The first-order chi connectivity index (χ1) is 6.61. The third-order valence-corrected chi connectivity index (χ3v) is 4.53. The van der Waals surface area contributed by atoms with E-state index in [9.17, 15) is 13.2 Å². The number of hydrogen-bond acceptors (Lipinski definition) is 4. The Morgan fingerprint density at radius 2 is 1.87 bits per heavy atom. The van der Waals surface area contributed by atoms with Gasteiger partial charge >= 0.3 is 5.97 Å². The van der Waals surface area contributed by atoms with Gasteiger partial charge in [0.25, 0.3) is 0 Å². The summed E-state index contributed by atoms with van der Waals surface area (Å²) in [6.45, 7) is 5.96. The fourth-order valence-corrected chi connectivity index (χ4v) is 1.87. The second-order valence-electron chi connectivity index (χ2n) is 4.05. The standard InChI is InChI=1S/C9H18O5S/c1-7(2)14-5-6-15(12,13)9(3,4)8(10)11/h7H,5-6H2,1-4H3,(H,10,11). The van der Waals surface area contributed by atoms with Gasteiger partial charge in [0, 0.05) is 0 Å². The molecule has 0 saturated carbocycles. The Kier molecular flexibility index (Phi) is 4.73. The number of hydrogen-bond donors (Lipinski definition) is 1. The van der Waals surface area contributed by atoms with Gasteiger partial charge in [0.15, 0.2) is 14.6 Å². The van der Waals surface area contributed by atoms with Gasteiger partial charge < -0.3 is 9.84 Å². The van der Waals surface area contributed by atoms with E-state index in [2.05, 4.69) is 0 Å². The Labute approximate surface area is 90.4 Å². The van der Waals surface area contributed by atoms with Gasteiger partial charge in [0.05, 0.1) is 18.5 Å². The Morgan fingerprint density at radius 3 is 2.20 bits per heavy atom. The Hall–Kier alpha value is -0.620. The summed E-state index contributed by atoms with van der Waals surface area (Å²) in [5.74, 6) is -1.61. The molecule has 0 saturated heterocycles. The zero-order valence-electron chi connectivity index (χ0n) is 9.48. The van der Waals surface area contributed by atoms with Gasteiger partial charge in [0.2, 0.25) is 0 Å². The summed E-state index contributed by atoms with van der Waals surface area (Å²) in [5, 5.41) is 8.77. The maximum Gasteiger partial charge on any atom is 0.324 e. The van der Waals surface area contributed by atoms with Crippen molar-refractivity contribution in [3.05, 3.63) is 0 Å². The first-order valence-corrected chi connectivity index (χ1v) is 6.34. The quantitative estimate of drug-likeness (QED) is 0.736. The molecule has 15 heavy (non-hydrogen) atoms. The van der Waals surface area contributed by atoms with Crippen LogP contribution in [0, 0.1) is 0 Å². The molecule has 0 heterocycles. The van der Waals surface area contributed by atoms with E-state index < -0.39 is 20.6 Å². The van der Waals surface area contributed by atoms with Crippen molar-refractivity contribution in [2.45, 2.75) is 38.5 Å². The highest BCUT2D eigenvalue weighted by Gasteiger charge is 2.41. The monoisotopic (exact) mass is 238 g/mol. The molecular formula is C9H18O5S. The van der Waals surface area contributed by atoms with E-state index in [1.807, 2.05) is 0 Å². The molecule has 0 aromatic rings. The molecule has 0 aliphatic rings. The minimum absolute atomic E-state index is 0.0245. The SMILES string of the molecule is CC(C)OCCS(=O)(=O)C(C)(C)C(=O)O. The smallest absolute Gasteiger partial charge is 0.324 e. The lowest BCUT2D eigenvalue weighted by Gasteiger charge is -2.19.